The van der Waals surface area contributed by atoms with Gasteiger partial charge in [-0.05, 0) is 97.0 Å². The van der Waals surface area contributed by atoms with Gasteiger partial charge in [0.05, 0.1) is 26.9 Å². The van der Waals surface area contributed by atoms with Crippen LogP contribution in [0.15, 0.2) is 89.7 Å². The number of fused-ring (bicyclic) bond motifs is 3. The molecule has 0 saturated carbocycles. The lowest BCUT2D eigenvalue weighted by Crippen LogP contribution is -2.20. The van der Waals surface area contributed by atoms with Gasteiger partial charge in [0, 0.05) is 46.1 Å². The molecule has 0 bridgehead atoms. The van der Waals surface area contributed by atoms with E-state index in [1.54, 1.807) is 14.2 Å². The number of aryl methyl sites for hydroxylation is 2. The second-order valence-corrected chi connectivity index (χ2v) is 11.4. The maximum absolute atomic E-state index is 6.17. The van der Waals surface area contributed by atoms with Crippen molar-refractivity contribution in [3.63, 3.8) is 0 Å². The van der Waals surface area contributed by atoms with Crippen LogP contribution in [0.3, 0.4) is 0 Å². The first-order valence-electron chi connectivity index (χ1n) is 14.2. The summed E-state index contributed by atoms with van der Waals surface area (Å²) in [4.78, 5) is 0. The second kappa shape index (κ2) is 12.3. The Hall–Kier alpha value is -3.90. The highest BCUT2D eigenvalue weighted by atomic mass is 79.9. The Balaban J connectivity index is 1.13. The average molecular weight is 612 g/mol. The minimum absolute atomic E-state index is 0.375. The number of aromatic nitrogens is 2. The number of halogens is 1. The fourth-order valence-corrected chi connectivity index (χ4v) is 6.32. The lowest BCUT2D eigenvalue weighted by Gasteiger charge is -2.27. The molecule has 1 aliphatic rings. The molecule has 2 aromatic heterocycles. The van der Waals surface area contributed by atoms with E-state index in [-0.39, 0.29) is 0 Å². The van der Waals surface area contributed by atoms with Gasteiger partial charge in [-0.3, -0.25) is 0 Å². The normalized spacial score (nSPS) is 14.9. The van der Waals surface area contributed by atoms with Gasteiger partial charge in [-0.15, -0.1) is 0 Å². The second-order valence-electron chi connectivity index (χ2n) is 10.5. The fraction of sp³-hybridized carbons (Fsp3) is 0.257. The molecular weight excluding hydrogens is 576 g/mol. The minimum atomic E-state index is 0.375. The van der Waals surface area contributed by atoms with Crippen LogP contribution in [-0.4, -0.2) is 30.0 Å². The molecule has 41 heavy (non-hydrogen) atoms. The molecule has 0 saturated heterocycles. The first-order valence-corrected chi connectivity index (χ1v) is 15.0. The third-order valence-corrected chi connectivity index (χ3v) is 8.39. The zero-order valence-corrected chi connectivity index (χ0v) is 25.1. The van der Waals surface area contributed by atoms with Crippen LogP contribution in [0.25, 0.3) is 23.1 Å². The van der Waals surface area contributed by atoms with Crippen LogP contribution in [0.5, 0.6) is 17.2 Å². The van der Waals surface area contributed by atoms with Crippen LogP contribution in [-0.2, 0) is 13.0 Å². The molecule has 1 aliphatic carbocycles. The number of rotatable bonds is 10. The summed E-state index contributed by atoms with van der Waals surface area (Å²) in [6.07, 6.45) is 13.0. The Morgan fingerprint density at radius 3 is 2.32 bits per heavy atom. The number of benzene rings is 3. The van der Waals surface area contributed by atoms with Gasteiger partial charge in [-0.1, -0.05) is 40.2 Å². The third kappa shape index (κ3) is 5.94. The number of methoxy groups -OCH3 is 2. The average Bonchev–Trinajstić information content (AvgIpc) is 3.65. The Morgan fingerprint density at radius 2 is 1.59 bits per heavy atom. The van der Waals surface area contributed by atoms with Crippen molar-refractivity contribution in [3.05, 3.63) is 112 Å². The predicted molar refractivity (Wildman–Crippen MR) is 170 cm³/mol. The maximum Gasteiger partial charge on any atom is 0.123 e. The van der Waals surface area contributed by atoms with Crippen molar-refractivity contribution in [3.8, 4) is 17.2 Å². The number of ether oxygens (including phenoxy) is 3. The van der Waals surface area contributed by atoms with E-state index in [9.17, 15) is 0 Å². The van der Waals surface area contributed by atoms with Crippen LogP contribution in [0.1, 0.15) is 47.7 Å². The summed E-state index contributed by atoms with van der Waals surface area (Å²) >= 11 is 3.70. The van der Waals surface area contributed by atoms with E-state index in [2.05, 4.69) is 92.1 Å². The van der Waals surface area contributed by atoms with E-state index < -0.39 is 0 Å². The molecule has 210 valence electrons. The highest BCUT2D eigenvalue weighted by molar-refractivity contribution is 9.10. The summed E-state index contributed by atoms with van der Waals surface area (Å²) in [5.74, 6) is 2.43. The summed E-state index contributed by atoms with van der Waals surface area (Å²) < 4.78 is 23.0. The number of hydrogen-bond acceptors (Lipinski definition) is 3. The molecule has 0 N–H and O–H groups in total. The summed E-state index contributed by atoms with van der Waals surface area (Å²) in [6, 6.07) is 25.4. The largest absolute Gasteiger partial charge is 0.497 e. The first kappa shape index (κ1) is 27.3. The summed E-state index contributed by atoms with van der Waals surface area (Å²) in [6.45, 7) is 1.59. The molecular formula is C35H35BrN2O3. The molecule has 0 fully saturated rings. The lowest BCUT2D eigenvalue weighted by atomic mass is 9.91. The topological polar surface area (TPSA) is 37.5 Å². The van der Waals surface area contributed by atoms with E-state index in [1.165, 1.54) is 35.0 Å². The quantitative estimate of drug-likeness (QED) is 0.117. The highest BCUT2D eigenvalue weighted by Gasteiger charge is 2.28. The van der Waals surface area contributed by atoms with Crippen molar-refractivity contribution in [1.82, 2.24) is 9.13 Å². The molecule has 0 spiro atoms. The van der Waals surface area contributed by atoms with Crippen molar-refractivity contribution in [1.29, 1.82) is 0 Å². The standard InChI is InChI=1S/C35H35BrN2O3/c1-39-29-21-26(22-30(24-29)40-2)10-9-25-11-14-28(15-12-25)41-20-6-19-38-33-16-13-27(36)23-32(33)31-7-5-8-34(35(31)38)37-17-3-4-18-37/h3-4,9-18,21-24,34H,5-8,19-20H2,1-2H3/b10-9+. The van der Waals surface area contributed by atoms with E-state index in [0.717, 1.165) is 52.2 Å². The van der Waals surface area contributed by atoms with E-state index in [1.807, 2.05) is 30.3 Å². The van der Waals surface area contributed by atoms with Crippen LogP contribution in [0.4, 0.5) is 0 Å². The molecule has 3 aromatic carbocycles. The van der Waals surface area contributed by atoms with Crippen molar-refractivity contribution < 1.29 is 14.2 Å². The number of nitrogens with zero attached hydrogens (tertiary/aromatic N) is 2. The summed E-state index contributed by atoms with van der Waals surface area (Å²) in [5, 5.41) is 1.38. The molecule has 0 radical (unpaired) electrons. The van der Waals surface area contributed by atoms with Crippen molar-refractivity contribution in [2.24, 2.45) is 0 Å². The number of hydrogen-bond donors (Lipinski definition) is 0. The molecule has 0 aliphatic heterocycles. The van der Waals surface area contributed by atoms with Crippen molar-refractivity contribution >= 4 is 39.0 Å². The maximum atomic E-state index is 6.17. The van der Waals surface area contributed by atoms with Gasteiger partial charge in [-0.2, -0.15) is 0 Å². The van der Waals surface area contributed by atoms with Gasteiger partial charge in [0.2, 0.25) is 0 Å². The van der Waals surface area contributed by atoms with Gasteiger partial charge in [0.25, 0.3) is 0 Å². The zero-order valence-electron chi connectivity index (χ0n) is 23.6. The van der Waals surface area contributed by atoms with Crippen LogP contribution in [0.2, 0.25) is 0 Å². The third-order valence-electron chi connectivity index (χ3n) is 7.90. The van der Waals surface area contributed by atoms with E-state index in [4.69, 9.17) is 14.2 Å². The zero-order chi connectivity index (χ0) is 28.2. The molecule has 2 heterocycles. The minimum Gasteiger partial charge on any atom is -0.497 e. The van der Waals surface area contributed by atoms with Gasteiger partial charge in [0.1, 0.15) is 17.2 Å². The Morgan fingerprint density at radius 1 is 0.854 bits per heavy atom. The monoisotopic (exact) mass is 610 g/mol. The Labute approximate surface area is 250 Å². The Kier molecular flexibility index (Phi) is 8.19. The van der Waals surface area contributed by atoms with E-state index >= 15 is 0 Å². The van der Waals surface area contributed by atoms with Crippen LogP contribution >= 0.6 is 15.9 Å². The fourth-order valence-electron chi connectivity index (χ4n) is 5.96. The van der Waals surface area contributed by atoms with Crippen molar-refractivity contribution in [2.75, 3.05) is 20.8 Å². The smallest absolute Gasteiger partial charge is 0.123 e. The van der Waals surface area contributed by atoms with Gasteiger partial charge >= 0.3 is 0 Å². The molecule has 1 atom stereocenters. The molecule has 6 rings (SSSR count). The summed E-state index contributed by atoms with van der Waals surface area (Å²) in [5.41, 5.74) is 6.41. The van der Waals surface area contributed by atoms with Gasteiger partial charge in [0.15, 0.2) is 0 Å². The summed E-state index contributed by atoms with van der Waals surface area (Å²) in [7, 11) is 3.32. The lowest BCUT2D eigenvalue weighted by molar-refractivity contribution is 0.300. The molecule has 5 aromatic rings. The van der Waals surface area contributed by atoms with Crippen LogP contribution < -0.4 is 14.2 Å². The first-order chi connectivity index (χ1) is 20.1. The predicted octanol–water partition coefficient (Wildman–Crippen LogP) is 8.79. The molecule has 1 unspecified atom stereocenters. The molecule has 5 nitrogen and oxygen atoms in total. The van der Waals surface area contributed by atoms with Crippen LogP contribution in [0, 0.1) is 0 Å². The molecule has 0 amide bonds. The van der Waals surface area contributed by atoms with Gasteiger partial charge < -0.3 is 23.3 Å². The van der Waals surface area contributed by atoms with E-state index in [0.29, 0.717) is 12.6 Å². The SMILES string of the molecule is COc1cc(/C=C/c2ccc(OCCCn3c4c(c5cc(Br)ccc53)CCCC4n3cccc3)cc2)cc(OC)c1. The molecule has 6 heteroatoms. The highest BCUT2D eigenvalue weighted by Crippen LogP contribution is 2.40. The Bertz CT molecular complexity index is 1630. The van der Waals surface area contributed by atoms with Gasteiger partial charge in [-0.25, -0.2) is 0 Å². The van der Waals surface area contributed by atoms with Crippen molar-refractivity contribution in [2.45, 2.75) is 38.3 Å².